The van der Waals surface area contributed by atoms with Gasteiger partial charge in [0.25, 0.3) is 0 Å². The van der Waals surface area contributed by atoms with Gasteiger partial charge in [-0.25, -0.2) is 9.59 Å². The summed E-state index contributed by atoms with van der Waals surface area (Å²) in [7, 11) is -1.65. The number of β-lactam (4-membered cyclic amide) rings is 1. The van der Waals surface area contributed by atoms with Gasteiger partial charge in [0.1, 0.15) is 30.7 Å². The number of ether oxygens (including phenoxy) is 2. The Morgan fingerprint density at radius 3 is 2.43 bits per heavy atom. The van der Waals surface area contributed by atoms with Crippen LogP contribution in [0, 0.1) is 0 Å². The Bertz CT molecular complexity index is 876. The maximum Gasteiger partial charge on any atom is 0.408 e. The Hall–Kier alpha value is -1.55. The van der Waals surface area contributed by atoms with E-state index in [2.05, 4.69) is 5.32 Å². The minimum absolute atomic E-state index is 0.0244. The highest BCUT2D eigenvalue weighted by atomic mass is 35.6. The van der Waals surface area contributed by atoms with Gasteiger partial charge in [-0.05, 0) is 19.4 Å². The van der Waals surface area contributed by atoms with Crippen LogP contribution < -0.4 is 5.32 Å². The highest BCUT2D eigenvalue weighted by molar-refractivity contribution is 7.87. The first-order valence-corrected chi connectivity index (χ1v) is 11.2. The number of rotatable bonds is 5. The lowest BCUT2D eigenvalue weighted by molar-refractivity contribution is -0.164. The molecular weight excluding hydrogens is 479 g/mol. The third kappa shape index (κ3) is 4.54. The van der Waals surface area contributed by atoms with Crippen molar-refractivity contribution in [3.8, 4) is 0 Å². The lowest BCUT2D eigenvalue weighted by Gasteiger charge is -2.43. The number of hydrogen-bond acceptors (Lipinski definition) is 6. The number of alkyl carbamates (subject to hydrolysis) is 1. The van der Waals surface area contributed by atoms with Crippen LogP contribution in [-0.2, 0) is 36.5 Å². The normalized spacial score (nSPS) is 27.1. The fourth-order valence-electron chi connectivity index (χ4n) is 3.40. The van der Waals surface area contributed by atoms with E-state index in [1.807, 2.05) is 18.2 Å². The summed E-state index contributed by atoms with van der Waals surface area (Å²) in [6, 6.07) is 6.89. The van der Waals surface area contributed by atoms with Crippen molar-refractivity contribution in [3.05, 3.63) is 35.9 Å². The van der Waals surface area contributed by atoms with Gasteiger partial charge in [0.05, 0.1) is 15.5 Å². The molecule has 8 nitrogen and oxygen atoms in total. The summed E-state index contributed by atoms with van der Waals surface area (Å²) in [5.74, 6) is -1.23. The van der Waals surface area contributed by atoms with Crippen molar-refractivity contribution < 1.29 is 28.1 Å². The number of carbonyl (C=O) groups excluding carboxylic acids is 3. The van der Waals surface area contributed by atoms with Gasteiger partial charge in [-0.1, -0.05) is 65.1 Å². The SMILES string of the molecule is CC1(C)[C@H](C(=O)OCc2ccccc2)N2C(=O)[C@H](NC(=O)OCC(Cl)(Cl)Cl)[C@H]2S1=O. The van der Waals surface area contributed by atoms with Crippen LogP contribution in [-0.4, -0.2) is 59.7 Å². The van der Waals surface area contributed by atoms with E-state index in [1.165, 1.54) is 4.90 Å². The van der Waals surface area contributed by atoms with Crippen LogP contribution in [0.3, 0.4) is 0 Å². The number of benzene rings is 1. The Morgan fingerprint density at radius 2 is 1.83 bits per heavy atom. The maximum atomic E-state index is 13.0. The van der Waals surface area contributed by atoms with Crippen molar-refractivity contribution >= 4 is 63.6 Å². The molecule has 1 N–H and O–H groups in total. The zero-order chi connectivity index (χ0) is 22.3. The zero-order valence-corrected chi connectivity index (χ0v) is 19.1. The van der Waals surface area contributed by atoms with Gasteiger partial charge < -0.3 is 19.7 Å². The number of nitrogens with one attached hydrogen (secondary N) is 1. The monoisotopic (exact) mass is 496 g/mol. The number of amides is 2. The molecule has 0 spiro atoms. The van der Waals surface area contributed by atoms with Crippen LogP contribution in [0.2, 0.25) is 0 Å². The largest absolute Gasteiger partial charge is 0.459 e. The maximum absolute atomic E-state index is 13.0. The molecule has 0 saturated carbocycles. The van der Waals surface area contributed by atoms with Gasteiger partial charge in [0.15, 0.2) is 0 Å². The van der Waals surface area contributed by atoms with Crippen LogP contribution in [0.5, 0.6) is 0 Å². The summed E-state index contributed by atoms with van der Waals surface area (Å²) in [6.07, 6.45) is -0.996. The van der Waals surface area contributed by atoms with Crippen molar-refractivity contribution in [2.24, 2.45) is 0 Å². The number of alkyl halides is 3. The van der Waals surface area contributed by atoms with E-state index in [0.717, 1.165) is 5.56 Å². The Morgan fingerprint density at radius 1 is 1.20 bits per heavy atom. The standard InChI is InChI=1S/C18H19Cl3N2O6S/c1-17(2)12(15(25)28-8-10-6-4-3-5-7-10)23-13(24)11(14(23)30(17)27)22-16(26)29-9-18(19,20)21/h3-7,11-12,14H,8-9H2,1-2H3,(H,22,26)/t11-,12-,14+,30?/m0/s1. The molecule has 0 radical (unpaired) electrons. The molecule has 1 aromatic carbocycles. The van der Waals surface area contributed by atoms with Crippen LogP contribution >= 0.6 is 34.8 Å². The molecule has 2 aliphatic rings. The first kappa shape index (κ1) is 23.1. The highest BCUT2D eigenvalue weighted by Gasteiger charge is 2.68. The van der Waals surface area contributed by atoms with Crippen molar-refractivity contribution in [3.63, 3.8) is 0 Å². The molecule has 2 fully saturated rings. The Labute approximate surface area is 190 Å². The molecular formula is C18H19Cl3N2O6S. The number of nitrogens with zero attached hydrogens (tertiary/aromatic N) is 1. The predicted octanol–water partition coefficient (Wildman–Crippen LogP) is 2.27. The number of carbonyl (C=O) groups is 3. The molecule has 0 bridgehead atoms. The van der Waals surface area contributed by atoms with Crippen LogP contribution in [0.15, 0.2) is 30.3 Å². The van der Waals surface area contributed by atoms with E-state index in [-0.39, 0.29) is 6.61 Å². The number of esters is 1. The highest BCUT2D eigenvalue weighted by Crippen LogP contribution is 2.44. The molecule has 30 heavy (non-hydrogen) atoms. The van der Waals surface area contributed by atoms with Gasteiger partial charge >= 0.3 is 12.1 Å². The summed E-state index contributed by atoms with van der Waals surface area (Å²) in [4.78, 5) is 38.5. The second-order valence-corrected chi connectivity index (χ2v) is 12.0. The van der Waals surface area contributed by atoms with E-state index in [0.29, 0.717) is 0 Å². The number of fused-ring (bicyclic) bond motifs is 1. The smallest absolute Gasteiger partial charge is 0.408 e. The van der Waals surface area contributed by atoms with Gasteiger partial charge in [-0.2, -0.15) is 0 Å². The second kappa shape index (κ2) is 8.53. The minimum atomic E-state index is -1.81. The summed E-state index contributed by atoms with van der Waals surface area (Å²) >= 11 is 16.6. The molecule has 4 atom stereocenters. The minimum Gasteiger partial charge on any atom is -0.459 e. The first-order chi connectivity index (χ1) is 13.9. The van der Waals surface area contributed by atoms with Gasteiger partial charge in [0, 0.05) is 0 Å². The molecule has 2 amide bonds. The van der Waals surface area contributed by atoms with Crippen molar-refractivity contribution in [2.45, 2.75) is 46.5 Å². The molecule has 3 rings (SSSR count). The third-order valence-corrected chi connectivity index (χ3v) is 7.37. The Kier molecular flexibility index (Phi) is 6.57. The van der Waals surface area contributed by atoms with Crippen molar-refractivity contribution in [2.75, 3.05) is 6.61 Å². The van der Waals surface area contributed by atoms with Gasteiger partial charge in [-0.15, -0.1) is 0 Å². The van der Waals surface area contributed by atoms with E-state index >= 15 is 0 Å². The van der Waals surface area contributed by atoms with Crippen LogP contribution in [0.1, 0.15) is 19.4 Å². The lowest BCUT2D eigenvalue weighted by Crippen LogP contribution is -2.71. The molecule has 0 aliphatic carbocycles. The quantitative estimate of drug-likeness (QED) is 0.380. The van der Waals surface area contributed by atoms with Gasteiger partial charge in [0.2, 0.25) is 9.70 Å². The second-order valence-electron chi connectivity index (χ2n) is 7.35. The predicted molar refractivity (Wildman–Crippen MR) is 111 cm³/mol. The number of halogens is 3. The van der Waals surface area contributed by atoms with Crippen molar-refractivity contribution in [1.82, 2.24) is 10.2 Å². The van der Waals surface area contributed by atoms with Crippen molar-refractivity contribution in [1.29, 1.82) is 0 Å². The van der Waals surface area contributed by atoms with Crippen LogP contribution in [0.4, 0.5) is 4.79 Å². The molecule has 1 aromatic rings. The summed E-state index contributed by atoms with van der Waals surface area (Å²) < 4.78 is 20.2. The molecule has 0 aromatic heterocycles. The fourth-order valence-corrected chi connectivity index (χ4v) is 5.48. The van der Waals surface area contributed by atoms with Crippen LogP contribution in [0.25, 0.3) is 0 Å². The number of hydrogen-bond donors (Lipinski definition) is 1. The Balaban J connectivity index is 1.67. The lowest BCUT2D eigenvalue weighted by atomic mass is 9.96. The molecule has 2 saturated heterocycles. The summed E-state index contributed by atoms with van der Waals surface area (Å²) in [5.41, 5.74) is 0.783. The molecule has 12 heteroatoms. The van der Waals surface area contributed by atoms with Gasteiger partial charge in [-0.3, -0.25) is 9.00 Å². The molecule has 164 valence electrons. The van der Waals surface area contributed by atoms with E-state index in [4.69, 9.17) is 44.3 Å². The topological polar surface area (TPSA) is 102 Å². The molecule has 1 unspecified atom stereocenters. The summed E-state index contributed by atoms with van der Waals surface area (Å²) in [5, 5.41) is 1.44. The van der Waals surface area contributed by atoms with E-state index in [9.17, 15) is 18.6 Å². The fraction of sp³-hybridized carbons (Fsp3) is 0.500. The first-order valence-electron chi connectivity index (χ1n) is 8.87. The zero-order valence-electron chi connectivity index (χ0n) is 16.0. The molecule has 2 heterocycles. The molecule has 2 aliphatic heterocycles. The summed E-state index contributed by atoms with van der Waals surface area (Å²) in [6.45, 7) is 2.72. The van der Waals surface area contributed by atoms with E-state index in [1.54, 1.807) is 26.0 Å². The third-order valence-electron chi connectivity index (χ3n) is 4.84. The average Bonchev–Trinajstić information content (AvgIpc) is 2.87. The van der Waals surface area contributed by atoms with E-state index < -0.39 is 61.4 Å². The average molecular weight is 498 g/mol.